The number of primary amides is 1. The second kappa shape index (κ2) is 10.1. The summed E-state index contributed by atoms with van der Waals surface area (Å²) in [6.07, 6.45) is 4.34. The monoisotopic (exact) mass is 558 g/mol. The number of halogens is 3. The first-order chi connectivity index (χ1) is 19.4. The number of fused-ring (bicyclic) bond motifs is 4. The summed E-state index contributed by atoms with van der Waals surface area (Å²) in [4.78, 5) is 43.0. The van der Waals surface area contributed by atoms with Gasteiger partial charge in [-0.15, -0.1) is 0 Å². The van der Waals surface area contributed by atoms with E-state index in [9.17, 15) is 23.2 Å². The Morgan fingerprint density at radius 1 is 1.00 bits per heavy atom. The molecule has 5 aromatic rings. The third kappa shape index (κ3) is 4.67. The summed E-state index contributed by atoms with van der Waals surface area (Å²) in [5.41, 5.74) is 6.04. The number of nitrogens with one attached hydrogen (secondary N) is 2. The van der Waals surface area contributed by atoms with Gasteiger partial charge in [0.05, 0.1) is 22.0 Å². The van der Waals surface area contributed by atoms with Crippen LogP contribution in [0.4, 0.5) is 13.2 Å². The van der Waals surface area contributed by atoms with Crippen molar-refractivity contribution in [1.82, 2.24) is 14.5 Å². The molecule has 3 aromatic carbocycles. The predicted octanol–water partition coefficient (Wildman–Crippen LogP) is 6.09. The Kier molecular flexibility index (Phi) is 6.78. The summed E-state index contributed by atoms with van der Waals surface area (Å²) in [7, 11) is 0. The van der Waals surface area contributed by atoms with Gasteiger partial charge in [-0.05, 0) is 48.3 Å². The Labute approximate surface area is 231 Å². The fourth-order valence-corrected chi connectivity index (χ4v) is 4.97. The van der Waals surface area contributed by atoms with Gasteiger partial charge in [-0.2, -0.15) is 0 Å². The largest absolute Gasteiger partial charge is 0.366 e. The molecule has 41 heavy (non-hydrogen) atoms. The number of nitrogens with two attached hydrogens (primary N) is 1. The van der Waals surface area contributed by atoms with Gasteiger partial charge in [0.1, 0.15) is 11.6 Å². The number of nitrogens with zero attached hydrogens (tertiary/aromatic N) is 1. The van der Waals surface area contributed by atoms with Crippen LogP contribution < -0.4 is 17.0 Å². The minimum Gasteiger partial charge on any atom is -0.366 e. The number of benzene rings is 3. The molecule has 0 aliphatic heterocycles. The van der Waals surface area contributed by atoms with Crippen molar-refractivity contribution in [3.63, 3.8) is 0 Å². The van der Waals surface area contributed by atoms with Gasteiger partial charge < -0.3 is 15.7 Å². The number of hydrogen-bond donors (Lipinski definition) is 3. The fraction of sp³-hybridized carbons (Fsp3) is 0.129. The highest BCUT2D eigenvalue weighted by molar-refractivity contribution is 6.18. The van der Waals surface area contributed by atoms with Crippen LogP contribution in [0, 0.1) is 17.5 Å². The topological polar surface area (TPSA) is 114 Å². The first-order valence-electron chi connectivity index (χ1n) is 12.6. The summed E-state index contributed by atoms with van der Waals surface area (Å²) in [5, 5.41) is 0.829. The minimum absolute atomic E-state index is 0.0167. The van der Waals surface area contributed by atoms with Crippen molar-refractivity contribution < 1.29 is 18.0 Å². The summed E-state index contributed by atoms with van der Waals surface area (Å²) >= 11 is 0. The van der Waals surface area contributed by atoms with Crippen molar-refractivity contribution in [3.05, 3.63) is 116 Å². The molecule has 4 N–H and O–H groups in total. The second-order valence-corrected chi connectivity index (χ2v) is 10.1. The number of rotatable bonds is 6. The van der Waals surface area contributed by atoms with Gasteiger partial charge in [0.2, 0.25) is 0 Å². The zero-order valence-electron chi connectivity index (χ0n) is 22.4. The quantitative estimate of drug-likeness (QED) is 0.219. The number of carbonyl (C=O) groups is 1. The van der Waals surface area contributed by atoms with Gasteiger partial charge in [-0.1, -0.05) is 44.7 Å². The molecule has 0 bridgehead atoms. The zero-order chi connectivity index (χ0) is 29.7. The van der Waals surface area contributed by atoms with E-state index in [1.165, 1.54) is 12.2 Å². The molecule has 0 saturated carbocycles. The van der Waals surface area contributed by atoms with Crippen molar-refractivity contribution in [3.8, 4) is 0 Å². The molecule has 0 atom stereocenters. The van der Waals surface area contributed by atoms with Gasteiger partial charge in [0.25, 0.3) is 11.5 Å². The number of H-pyrrole nitrogens is 2. The predicted molar refractivity (Wildman–Crippen MR) is 155 cm³/mol. The van der Waals surface area contributed by atoms with E-state index in [-0.39, 0.29) is 28.1 Å². The van der Waals surface area contributed by atoms with E-state index in [0.29, 0.717) is 32.5 Å². The Balaban J connectivity index is 1.61. The lowest BCUT2D eigenvalue weighted by Gasteiger charge is -2.10. The first kappa shape index (κ1) is 27.4. The van der Waals surface area contributed by atoms with Gasteiger partial charge in [-0.25, -0.2) is 22.5 Å². The van der Waals surface area contributed by atoms with Crippen molar-refractivity contribution in [2.45, 2.75) is 26.7 Å². The van der Waals surface area contributed by atoms with Crippen LogP contribution in [0.2, 0.25) is 0 Å². The maximum absolute atomic E-state index is 15.5. The molecule has 10 heteroatoms. The molecule has 208 valence electrons. The highest BCUT2D eigenvalue weighted by Gasteiger charge is 2.21. The van der Waals surface area contributed by atoms with E-state index in [0.717, 1.165) is 23.2 Å². The SMILES string of the molecule is C=C(/C=C\C=C(/C)c1c(F)cc(C(N)=O)c2[nH]c3cc(C(C)C)ccc3c12)n1c(=O)[nH]c2c(F)cc(F)cc2c1=O. The van der Waals surface area contributed by atoms with Crippen LogP contribution in [0.15, 0.2) is 70.8 Å². The van der Waals surface area contributed by atoms with E-state index in [2.05, 4.69) is 16.5 Å². The van der Waals surface area contributed by atoms with Gasteiger partial charge in [0, 0.05) is 33.6 Å². The van der Waals surface area contributed by atoms with E-state index < -0.39 is 40.1 Å². The lowest BCUT2D eigenvalue weighted by molar-refractivity contribution is 0.100. The minimum atomic E-state index is -1.07. The normalized spacial score (nSPS) is 12.4. The molecule has 0 aliphatic rings. The highest BCUT2D eigenvalue weighted by atomic mass is 19.1. The third-order valence-electron chi connectivity index (χ3n) is 7.02. The van der Waals surface area contributed by atoms with Gasteiger partial charge in [0.15, 0.2) is 5.82 Å². The Hall–Kier alpha value is -5.12. The second-order valence-electron chi connectivity index (χ2n) is 10.1. The molecule has 0 radical (unpaired) electrons. The lowest BCUT2D eigenvalue weighted by Crippen LogP contribution is -2.34. The highest BCUT2D eigenvalue weighted by Crippen LogP contribution is 2.37. The van der Waals surface area contributed by atoms with E-state index in [4.69, 9.17) is 5.73 Å². The van der Waals surface area contributed by atoms with Crippen LogP contribution in [0.5, 0.6) is 0 Å². The van der Waals surface area contributed by atoms with Crippen molar-refractivity contribution >= 4 is 49.9 Å². The smallest absolute Gasteiger partial charge is 0.333 e. The van der Waals surface area contributed by atoms with E-state index in [1.54, 1.807) is 13.0 Å². The lowest BCUT2D eigenvalue weighted by atomic mass is 9.95. The van der Waals surface area contributed by atoms with Crippen LogP contribution in [0.3, 0.4) is 0 Å². The van der Waals surface area contributed by atoms with Crippen LogP contribution >= 0.6 is 0 Å². The number of carbonyl (C=O) groups excluding carboxylic acids is 1. The van der Waals surface area contributed by atoms with Crippen LogP contribution in [-0.2, 0) is 0 Å². The maximum atomic E-state index is 15.5. The number of hydrogen-bond acceptors (Lipinski definition) is 3. The molecule has 0 saturated heterocycles. The van der Waals surface area contributed by atoms with Gasteiger partial charge in [-0.3, -0.25) is 9.59 Å². The Morgan fingerprint density at radius 3 is 2.41 bits per heavy atom. The van der Waals surface area contributed by atoms with Crippen molar-refractivity contribution in [2.75, 3.05) is 0 Å². The number of aromatic amines is 2. The van der Waals surface area contributed by atoms with Crippen LogP contribution in [0.1, 0.15) is 48.2 Å². The maximum Gasteiger partial charge on any atom is 0.333 e. The van der Waals surface area contributed by atoms with E-state index in [1.807, 2.05) is 32.0 Å². The molecule has 0 aliphatic carbocycles. The van der Waals surface area contributed by atoms with Crippen LogP contribution in [-0.4, -0.2) is 20.4 Å². The average molecular weight is 559 g/mol. The molecule has 0 unspecified atom stereocenters. The van der Waals surface area contributed by atoms with Gasteiger partial charge >= 0.3 is 5.69 Å². The molecular formula is C31H25F3N4O3. The number of amides is 1. The number of aromatic nitrogens is 3. The molecule has 0 spiro atoms. The Morgan fingerprint density at radius 2 is 1.73 bits per heavy atom. The molecule has 1 amide bonds. The summed E-state index contributed by atoms with van der Waals surface area (Å²) in [6, 6.07) is 8.23. The molecule has 7 nitrogen and oxygen atoms in total. The standard InChI is InChI=1S/C31H25F3N4O3/c1-14(2)17-8-9-19-24(10-17)36-28-20(29(35)39)13-22(33)25(26(19)28)15(3)6-5-7-16(4)38-30(40)21-11-18(32)12-23(34)27(21)37-31(38)41/h5-14,36H,4H2,1-3H3,(H2,35,39)(H,37,41)/b7-5-,15-6+. The average Bonchev–Trinajstić information content (AvgIpc) is 3.27. The number of allylic oxidation sites excluding steroid dienone is 5. The molecular weight excluding hydrogens is 533 g/mol. The molecule has 5 rings (SSSR count). The third-order valence-corrected chi connectivity index (χ3v) is 7.02. The fourth-order valence-electron chi connectivity index (χ4n) is 4.97. The first-order valence-corrected chi connectivity index (χ1v) is 12.6. The van der Waals surface area contributed by atoms with Crippen molar-refractivity contribution in [1.29, 1.82) is 0 Å². The summed E-state index contributed by atoms with van der Waals surface area (Å²) in [6.45, 7) is 9.49. The Bertz CT molecular complexity index is 2110. The summed E-state index contributed by atoms with van der Waals surface area (Å²) in [5.74, 6) is -3.24. The molecule has 2 aromatic heterocycles. The summed E-state index contributed by atoms with van der Waals surface area (Å²) < 4.78 is 44.0. The van der Waals surface area contributed by atoms with Crippen molar-refractivity contribution in [2.24, 2.45) is 5.73 Å². The molecule has 0 fully saturated rings. The van der Waals surface area contributed by atoms with Crippen LogP contribution in [0.25, 0.3) is 44.0 Å². The zero-order valence-corrected chi connectivity index (χ0v) is 22.4. The van der Waals surface area contributed by atoms with E-state index >= 15 is 4.39 Å². The molecule has 2 heterocycles.